The van der Waals surface area contributed by atoms with Crippen LogP contribution in [0.25, 0.3) is 0 Å². The van der Waals surface area contributed by atoms with E-state index in [1.54, 1.807) is 31.4 Å². The molecule has 0 spiro atoms. The van der Waals surface area contributed by atoms with Gasteiger partial charge in [-0.3, -0.25) is 9.59 Å². The van der Waals surface area contributed by atoms with E-state index in [9.17, 15) is 14.4 Å². The Morgan fingerprint density at radius 3 is 2.19 bits per heavy atom. The number of nitrogens with one attached hydrogen (secondary N) is 1. The number of rotatable bonds is 8. The van der Waals surface area contributed by atoms with Gasteiger partial charge in [-0.05, 0) is 52.0 Å². The summed E-state index contributed by atoms with van der Waals surface area (Å²) in [6, 6.07) is 6.73. The van der Waals surface area contributed by atoms with Crippen molar-refractivity contribution >= 4 is 17.8 Å². The van der Waals surface area contributed by atoms with Crippen LogP contribution in [0.15, 0.2) is 24.3 Å². The largest absolute Gasteiger partial charge is 0.497 e. The molecule has 0 aliphatic carbocycles. The van der Waals surface area contributed by atoms with Crippen LogP contribution in [0, 0.1) is 0 Å². The Balaban J connectivity index is 2.42. The number of carbonyl (C=O) groups excluding carboxylic acids is 3. The lowest BCUT2D eigenvalue weighted by Crippen LogP contribution is -2.47. The Bertz CT molecular complexity index is 651. The monoisotopic (exact) mass is 380 g/mol. The molecule has 0 saturated carbocycles. The van der Waals surface area contributed by atoms with E-state index < -0.39 is 24.6 Å². The third-order valence-electron chi connectivity index (χ3n) is 3.36. The van der Waals surface area contributed by atoms with Crippen LogP contribution in [-0.2, 0) is 19.1 Å². The van der Waals surface area contributed by atoms with Crippen LogP contribution in [-0.4, -0.2) is 61.6 Å². The number of esters is 1. The first-order valence-electron chi connectivity index (χ1n) is 8.54. The van der Waals surface area contributed by atoms with Gasteiger partial charge in [0.2, 0.25) is 5.91 Å². The van der Waals surface area contributed by atoms with Crippen molar-refractivity contribution in [3.05, 3.63) is 24.3 Å². The van der Waals surface area contributed by atoms with Crippen LogP contribution in [0.5, 0.6) is 11.5 Å². The van der Waals surface area contributed by atoms with Crippen molar-refractivity contribution in [3.63, 3.8) is 0 Å². The molecule has 0 heterocycles. The van der Waals surface area contributed by atoms with Crippen molar-refractivity contribution in [1.29, 1.82) is 0 Å². The summed E-state index contributed by atoms with van der Waals surface area (Å²) in [4.78, 5) is 37.0. The number of amides is 2. The number of likely N-dealkylation sites (N-methyl/N-ethyl adjacent to an activating group) is 1. The highest BCUT2D eigenvalue weighted by Crippen LogP contribution is 2.18. The fourth-order valence-corrected chi connectivity index (χ4v) is 2.03. The number of benzene rings is 1. The topological polar surface area (TPSA) is 94.2 Å². The van der Waals surface area contributed by atoms with Gasteiger partial charge >= 0.3 is 5.97 Å². The SMILES string of the molecule is COc1ccc(OC(C)C(=O)OCC(=O)N(C)CC(=O)NC(C)(C)C)cc1. The van der Waals surface area contributed by atoms with Gasteiger partial charge in [-0.25, -0.2) is 4.79 Å². The van der Waals surface area contributed by atoms with Gasteiger partial charge in [-0.15, -0.1) is 0 Å². The van der Waals surface area contributed by atoms with Crippen molar-refractivity contribution in [2.45, 2.75) is 39.3 Å². The number of methoxy groups -OCH3 is 1. The van der Waals surface area contributed by atoms with Crippen LogP contribution in [0.2, 0.25) is 0 Å². The van der Waals surface area contributed by atoms with Crippen molar-refractivity contribution in [2.75, 3.05) is 27.3 Å². The molecule has 1 rings (SSSR count). The predicted molar refractivity (Wildman–Crippen MR) is 99.6 cm³/mol. The third kappa shape index (κ3) is 8.44. The zero-order valence-corrected chi connectivity index (χ0v) is 16.7. The highest BCUT2D eigenvalue weighted by atomic mass is 16.6. The summed E-state index contributed by atoms with van der Waals surface area (Å²) in [6.45, 7) is 6.48. The quantitative estimate of drug-likeness (QED) is 0.685. The van der Waals surface area contributed by atoms with Crippen LogP contribution < -0.4 is 14.8 Å². The molecule has 27 heavy (non-hydrogen) atoms. The number of carbonyl (C=O) groups is 3. The summed E-state index contributed by atoms with van der Waals surface area (Å²) >= 11 is 0. The zero-order chi connectivity index (χ0) is 20.6. The van der Waals surface area contributed by atoms with Crippen LogP contribution in [0.3, 0.4) is 0 Å². The maximum atomic E-state index is 12.0. The van der Waals surface area contributed by atoms with Gasteiger partial charge in [0.05, 0.1) is 13.7 Å². The molecule has 2 amide bonds. The lowest BCUT2D eigenvalue weighted by Gasteiger charge is -2.23. The Morgan fingerprint density at radius 2 is 1.67 bits per heavy atom. The highest BCUT2D eigenvalue weighted by molar-refractivity contribution is 5.86. The normalized spacial score (nSPS) is 11.9. The maximum absolute atomic E-state index is 12.0. The highest BCUT2D eigenvalue weighted by Gasteiger charge is 2.21. The maximum Gasteiger partial charge on any atom is 0.347 e. The van der Waals surface area contributed by atoms with E-state index in [4.69, 9.17) is 14.2 Å². The van der Waals surface area contributed by atoms with Gasteiger partial charge in [0, 0.05) is 12.6 Å². The fraction of sp³-hybridized carbons (Fsp3) is 0.526. The zero-order valence-electron chi connectivity index (χ0n) is 16.7. The second-order valence-corrected chi connectivity index (χ2v) is 7.09. The van der Waals surface area contributed by atoms with E-state index in [2.05, 4.69) is 5.32 Å². The van der Waals surface area contributed by atoms with Crippen molar-refractivity contribution in [3.8, 4) is 11.5 Å². The molecule has 0 aliphatic rings. The molecule has 0 aliphatic heterocycles. The van der Waals surface area contributed by atoms with E-state index in [1.165, 1.54) is 18.9 Å². The van der Waals surface area contributed by atoms with E-state index >= 15 is 0 Å². The van der Waals surface area contributed by atoms with Gasteiger partial charge in [0.15, 0.2) is 12.7 Å². The van der Waals surface area contributed by atoms with E-state index in [0.717, 1.165) is 0 Å². The average molecular weight is 380 g/mol. The van der Waals surface area contributed by atoms with Gasteiger partial charge in [0.1, 0.15) is 11.5 Å². The predicted octanol–water partition coefficient (Wildman–Crippen LogP) is 1.38. The molecule has 0 fully saturated rings. The van der Waals surface area contributed by atoms with Crippen LogP contribution in [0.4, 0.5) is 0 Å². The molecular weight excluding hydrogens is 352 g/mol. The number of hydrogen-bond acceptors (Lipinski definition) is 6. The molecule has 0 bridgehead atoms. The van der Waals surface area contributed by atoms with Crippen LogP contribution >= 0.6 is 0 Å². The summed E-state index contributed by atoms with van der Waals surface area (Å²) in [7, 11) is 3.02. The minimum absolute atomic E-state index is 0.119. The molecule has 150 valence electrons. The number of ether oxygens (including phenoxy) is 3. The first kappa shape index (κ1) is 22.3. The summed E-state index contributed by atoms with van der Waals surface area (Å²) in [6.07, 6.45) is -0.888. The Kier molecular flexibility index (Phi) is 8.08. The Hall–Kier alpha value is -2.77. The van der Waals surface area contributed by atoms with Crippen molar-refractivity contribution in [2.24, 2.45) is 0 Å². The minimum atomic E-state index is -0.888. The lowest BCUT2D eigenvalue weighted by atomic mass is 10.1. The van der Waals surface area contributed by atoms with E-state index in [1.807, 2.05) is 20.8 Å². The van der Waals surface area contributed by atoms with E-state index in [-0.39, 0.29) is 18.0 Å². The average Bonchev–Trinajstić information content (AvgIpc) is 2.58. The molecule has 0 radical (unpaired) electrons. The minimum Gasteiger partial charge on any atom is -0.497 e. The molecule has 0 saturated heterocycles. The molecule has 8 heteroatoms. The molecule has 1 atom stereocenters. The van der Waals surface area contributed by atoms with Gasteiger partial charge in [0.25, 0.3) is 5.91 Å². The smallest absolute Gasteiger partial charge is 0.347 e. The first-order valence-corrected chi connectivity index (χ1v) is 8.54. The van der Waals surface area contributed by atoms with Crippen molar-refractivity contribution < 1.29 is 28.6 Å². The summed E-state index contributed by atoms with van der Waals surface area (Å²) in [5, 5.41) is 2.75. The number of hydrogen-bond donors (Lipinski definition) is 1. The molecule has 1 unspecified atom stereocenters. The van der Waals surface area contributed by atoms with Gasteiger partial charge in [-0.2, -0.15) is 0 Å². The van der Waals surface area contributed by atoms with Crippen LogP contribution in [0.1, 0.15) is 27.7 Å². The van der Waals surface area contributed by atoms with Gasteiger partial charge in [-0.1, -0.05) is 0 Å². The molecule has 8 nitrogen and oxygen atoms in total. The number of nitrogens with zero attached hydrogens (tertiary/aromatic N) is 1. The standard InChI is InChI=1S/C19H28N2O6/c1-13(27-15-9-7-14(25-6)8-10-15)18(24)26-12-17(23)21(5)11-16(22)20-19(2,3)4/h7-10,13H,11-12H2,1-6H3,(H,20,22). The Labute approximate surface area is 159 Å². The fourth-order valence-electron chi connectivity index (χ4n) is 2.03. The summed E-state index contributed by atoms with van der Waals surface area (Å²) < 4.78 is 15.5. The summed E-state index contributed by atoms with van der Waals surface area (Å²) in [5.41, 5.74) is -0.387. The molecule has 1 N–H and O–H groups in total. The van der Waals surface area contributed by atoms with E-state index in [0.29, 0.717) is 11.5 Å². The molecule has 1 aromatic carbocycles. The second kappa shape index (κ2) is 9.80. The van der Waals surface area contributed by atoms with Gasteiger partial charge < -0.3 is 24.4 Å². The third-order valence-corrected chi connectivity index (χ3v) is 3.36. The molecule has 1 aromatic rings. The molecule has 0 aromatic heterocycles. The summed E-state index contributed by atoms with van der Waals surface area (Å²) in [5.74, 6) is -0.305. The second-order valence-electron chi connectivity index (χ2n) is 7.09. The molecular formula is C19H28N2O6. The first-order chi connectivity index (χ1) is 12.5. The van der Waals surface area contributed by atoms with Crippen molar-refractivity contribution in [1.82, 2.24) is 10.2 Å². The lowest BCUT2D eigenvalue weighted by molar-refractivity contribution is -0.157. The Morgan fingerprint density at radius 1 is 1.11 bits per heavy atom.